The predicted molar refractivity (Wildman–Crippen MR) is 107 cm³/mol. The van der Waals surface area contributed by atoms with E-state index >= 15 is 0 Å². The summed E-state index contributed by atoms with van der Waals surface area (Å²) in [6.07, 6.45) is 0. The molecule has 0 saturated heterocycles. The highest BCUT2D eigenvalue weighted by Gasteiger charge is 2.18. The van der Waals surface area contributed by atoms with E-state index in [9.17, 15) is 9.59 Å². The van der Waals surface area contributed by atoms with Crippen molar-refractivity contribution in [3.8, 4) is 17.6 Å². The Balaban J connectivity index is 1.53. The van der Waals surface area contributed by atoms with Crippen molar-refractivity contribution in [1.29, 1.82) is 5.26 Å². The molecule has 1 atom stereocenters. The van der Waals surface area contributed by atoms with Crippen LogP contribution in [0.25, 0.3) is 0 Å². The van der Waals surface area contributed by atoms with Crippen LogP contribution in [0.4, 0.5) is 11.4 Å². The smallest absolute Gasteiger partial charge is 0.279 e. The summed E-state index contributed by atoms with van der Waals surface area (Å²) in [5.41, 5.74) is 1.65. The summed E-state index contributed by atoms with van der Waals surface area (Å²) < 4.78 is 11.0. The summed E-state index contributed by atoms with van der Waals surface area (Å²) in [6.45, 7) is 3.80. The van der Waals surface area contributed by atoms with E-state index in [1.54, 1.807) is 42.5 Å². The Hall–Kier alpha value is -3.57. The SMILES string of the molecule is CC[NH+](CC(=O)Nc1cccc(C#N)c1)CC(=O)Nc1ccc2c(c1)OCCO2. The number of likely N-dealkylation sites (N-methyl/N-ethyl adjacent to an activating group) is 1. The van der Waals surface area contributed by atoms with Crippen molar-refractivity contribution in [2.24, 2.45) is 0 Å². The topological polar surface area (TPSA) is 105 Å². The molecule has 1 unspecified atom stereocenters. The number of benzene rings is 2. The fraction of sp³-hybridized carbons (Fsp3) is 0.286. The summed E-state index contributed by atoms with van der Waals surface area (Å²) in [6, 6.07) is 14.0. The van der Waals surface area contributed by atoms with Gasteiger partial charge in [-0.15, -0.1) is 0 Å². The molecule has 29 heavy (non-hydrogen) atoms. The summed E-state index contributed by atoms with van der Waals surface area (Å²) in [5, 5.41) is 14.5. The van der Waals surface area contributed by atoms with Gasteiger partial charge in [0.05, 0.1) is 18.2 Å². The molecule has 150 valence electrons. The molecule has 0 radical (unpaired) electrons. The van der Waals surface area contributed by atoms with Crippen LogP contribution in [-0.4, -0.2) is 44.7 Å². The van der Waals surface area contributed by atoms with Gasteiger partial charge in [-0.3, -0.25) is 9.59 Å². The van der Waals surface area contributed by atoms with Gasteiger partial charge in [-0.05, 0) is 37.3 Å². The Morgan fingerprint density at radius 1 is 1.00 bits per heavy atom. The molecule has 0 bridgehead atoms. The van der Waals surface area contributed by atoms with E-state index < -0.39 is 0 Å². The lowest BCUT2D eigenvalue weighted by Gasteiger charge is -2.20. The number of quaternary nitrogens is 1. The average Bonchev–Trinajstić information content (AvgIpc) is 2.73. The lowest BCUT2D eigenvalue weighted by atomic mass is 10.2. The number of nitriles is 1. The zero-order valence-electron chi connectivity index (χ0n) is 16.2. The minimum atomic E-state index is -0.218. The number of ether oxygens (including phenoxy) is 2. The molecule has 0 saturated carbocycles. The first kappa shape index (κ1) is 20.2. The number of anilines is 2. The van der Waals surface area contributed by atoms with E-state index in [4.69, 9.17) is 14.7 Å². The van der Waals surface area contributed by atoms with Gasteiger partial charge in [0, 0.05) is 17.4 Å². The molecule has 2 aromatic carbocycles. The number of fused-ring (bicyclic) bond motifs is 1. The Labute approximate surface area is 169 Å². The second kappa shape index (κ2) is 9.57. The molecule has 0 fully saturated rings. The molecule has 0 aliphatic carbocycles. The quantitative estimate of drug-likeness (QED) is 0.644. The zero-order chi connectivity index (χ0) is 20.6. The van der Waals surface area contributed by atoms with E-state index in [2.05, 4.69) is 10.6 Å². The molecule has 0 spiro atoms. The van der Waals surface area contributed by atoms with E-state index in [-0.39, 0.29) is 24.9 Å². The number of carbonyl (C=O) groups is 2. The van der Waals surface area contributed by atoms with Gasteiger partial charge < -0.3 is 25.0 Å². The van der Waals surface area contributed by atoms with Crippen LogP contribution in [0, 0.1) is 11.3 Å². The van der Waals surface area contributed by atoms with E-state index in [1.807, 2.05) is 13.0 Å². The van der Waals surface area contributed by atoms with Crippen molar-refractivity contribution in [2.75, 3.05) is 43.5 Å². The number of nitrogens with zero attached hydrogens (tertiary/aromatic N) is 1. The van der Waals surface area contributed by atoms with Crippen molar-refractivity contribution < 1.29 is 24.0 Å². The highest BCUT2D eigenvalue weighted by molar-refractivity contribution is 5.93. The Morgan fingerprint density at radius 3 is 2.31 bits per heavy atom. The molecule has 1 aliphatic heterocycles. The minimum absolute atomic E-state index is 0.141. The normalized spacial score (nSPS) is 13.1. The van der Waals surface area contributed by atoms with Crippen molar-refractivity contribution >= 4 is 23.2 Å². The highest BCUT2D eigenvalue weighted by Crippen LogP contribution is 2.32. The van der Waals surface area contributed by atoms with Gasteiger partial charge in [-0.25, -0.2) is 0 Å². The van der Waals surface area contributed by atoms with Gasteiger partial charge in [0.2, 0.25) is 0 Å². The minimum Gasteiger partial charge on any atom is -0.486 e. The van der Waals surface area contributed by atoms with Gasteiger partial charge >= 0.3 is 0 Å². The summed E-state index contributed by atoms with van der Waals surface area (Å²) in [7, 11) is 0. The van der Waals surface area contributed by atoms with Gasteiger partial charge in [-0.1, -0.05) is 6.07 Å². The molecule has 1 heterocycles. The Bertz CT molecular complexity index is 939. The molecule has 8 heteroatoms. The Morgan fingerprint density at radius 2 is 1.66 bits per heavy atom. The van der Waals surface area contributed by atoms with Crippen molar-refractivity contribution in [3.05, 3.63) is 48.0 Å². The lowest BCUT2D eigenvalue weighted by Crippen LogP contribution is -3.13. The summed E-state index contributed by atoms with van der Waals surface area (Å²) in [5.74, 6) is 0.849. The first-order valence-electron chi connectivity index (χ1n) is 9.40. The number of rotatable bonds is 7. The van der Waals surface area contributed by atoms with Crippen LogP contribution in [0.1, 0.15) is 12.5 Å². The van der Waals surface area contributed by atoms with Crippen LogP contribution in [0.2, 0.25) is 0 Å². The third-order valence-electron chi connectivity index (χ3n) is 4.42. The molecule has 0 aromatic heterocycles. The molecule has 2 amide bonds. The first-order valence-corrected chi connectivity index (χ1v) is 9.40. The number of amides is 2. The predicted octanol–water partition coefficient (Wildman–Crippen LogP) is 0.811. The van der Waals surface area contributed by atoms with Crippen LogP contribution in [-0.2, 0) is 9.59 Å². The molecule has 3 rings (SSSR count). The van der Waals surface area contributed by atoms with Gasteiger partial charge in [0.25, 0.3) is 11.8 Å². The van der Waals surface area contributed by atoms with E-state index in [0.29, 0.717) is 48.2 Å². The maximum atomic E-state index is 12.4. The average molecular weight is 395 g/mol. The van der Waals surface area contributed by atoms with Crippen molar-refractivity contribution in [2.45, 2.75) is 6.92 Å². The van der Waals surface area contributed by atoms with E-state index in [0.717, 1.165) is 4.90 Å². The second-order valence-electron chi connectivity index (χ2n) is 6.60. The fourth-order valence-electron chi connectivity index (χ4n) is 2.96. The number of nitrogens with one attached hydrogen (secondary N) is 3. The van der Waals surface area contributed by atoms with Crippen molar-refractivity contribution in [3.63, 3.8) is 0 Å². The first-order chi connectivity index (χ1) is 14.1. The number of carbonyl (C=O) groups excluding carboxylic acids is 2. The molecule has 3 N–H and O–H groups in total. The van der Waals surface area contributed by atoms with Crippen LogP contribution < -0.4 is 25.0 Å². The van der Waals surface area contributed by atoms with Crippen molar-refractivity contribution in [1.82, 2.24) is 0 Å². The number of hydrogen-bond donors (Lipinski definition) is 3. The van der Waals surface area contributed by atoms with Crippen LogP contribution in [0.15, 0.2) is 42.5 Å². The lowest BCUT2D eigenvalue weighted by molar-refractivity contribution is -0.881. The molecule has 2 aromatic rings. The van der Waals surface area contributed by atoms with Crippen LogP contribution in [0.3, 0.4) is 0 Å². The maximum Gasteiger partial charge on any atom is 0.279 e. The summed E-state index contributed by atoms with van der Waals surface area (Å²) in [4.78, 5) is 25.5. The third kappa shape index (κ3) is 5.70. The Kier molecular flexibility index (Phi) is 6.66. The van der Waals surface area contributed by atoms with Gasteiger partial charge in [-0.2, -0.15) is 5.26 Å². The van der Waals surface area contributed by atoms with Gasteiger partial charge in [0.15, 0.2) is 24.6 Å². The monoisotopic (exact) mass is 395 g/mol. The fourth-order valence-corrected chi connectivity index (χ4v) is 2.96. The summed E-state index contributed by atoms with van der Waals surface area (Å²) >= 11 is 0. The largest absolute Gasteiger partial charge is 0.486 e. The maximum absolute atomic E-state index is 12.4. The standard InChI is InChI=1S/C21H22N4O4/c1-2-25(13-20(26)23-16-5-3-4-15(10-16)12-22)14-21(27)24-17-6-7-18-19(11-17)29-9-8-28-18/h3-7,10-11H,2,8-9,13-14H2,1H3,(H,23,26)(H,24,27)/p+1. The van der Waals surface area contributed by atoms with E-state index in [1.165, 1.54) is 0 Å². The van der Waals surface area contributed by atoms with Crippen LogP contribution >= 0.6 is 0 Å². The molecular formula is C21H23N4O4+. The number of hydrogen-bond acceptors (Lipinski definition) is 5. The van der Waals surface area contributed by atoms with Gasteiger partial charge in [0.1, 0.15) is 13.2 Å². The highest BCUT2D eigenvalue weighted by atomic mass is 16.6. The molecule has 1 aliphatic rings. The molecule has 8 nitrogen and oxygen atoms in total. The molecular weight excluding hydrogens is 372 g/mol. The zero-order valence-corrected chi connectivity index (χ0v) is 16.2. The third-order valence-corrected chi connectivity index (χ3v) is 4.42. The van der Waals surface area contributed by atoms with Crippen LogP contribution in [0.5, 0.6) is 11.5 Å². The second-order valence-corrected chi connectivity index (χ2v) is 6.60.